The number of rotatable bonds is 2. The van der Waals surface area contributed by atoms with E-state index in [9.17, 15) is 9.65 Å². The van der Waals surface area contributed by atoms with Crippen molar-refractivity contribution in [2.75, 3.05) is 0 Å². The van der Waals surface area contributed by atoms with Gasteiger partial charge in [-0.15, -0.1) is 0 Å². The summed E-state index contributed by atoms with van der Waals surface area (Å²) >= 11 is 3.27. The highest BCUT2D eigenvalue weighted by Crippen LogP contribution is 2.49. The van der Waals surface area contributed by atoms with E-state index in [1.54, 1.807) is 6.07 Å². The van der Waals surface area contributed by atoms with Gasteiger partial charge < -0.3 is 4.74 Å². The molecule has 0 aliphatic carbocycles. The van der Waals surface area contributed by atoms with Crippen molar-refractivity contribution in [1.29, 1.82) is 5.26 Å². The monoisotopic (exact) mass is 309 g/mol. The van der Waals surface area contributed by atoms with Crippen LogP contribution in [0.5, 0.6) is 0 Å². The Labute approximate surface area is 114 Å². The molecule has 0 N–H and O–H groups in total. The summed E-state index contributed by atoms with van der Waals surface area (Å²) in [7, 11) is 0. The lowest BCUT2D eigenvalue weighted by molar-refractivity contribution is 0.0787. The summed E-state index contributed by atoms with van der Waals surface area (Å²) in [5.41, 5.74) is 0.381. The van der Waals surface area contributed by atoms with Crippen molar-refractivity contribution in [2.24, 2.45) is 5.41 Å². The van der Waals surface area contributed by atoms with Crippen LogP contribution in [0.3, 0.4) is 0 Å². The molecular weight excluding hydrogens is 297 g/mol. The van der Waals surface area contributed by atoms with Gasteiger partial charge in [0.2, 0.25) is 0 Å². The maximum absolute atomic E-state index is 13.5. The molecule has 2 heterocycles. The van der Waals surface area contributed by atoms with Crippen molar-refractivity contribution in [2.45, 2.75) is 37.9 Å². The Bertz CT molecular complexity index is 527. The minimum Gasteiger partial charge on any atom is -0.373 e. The van der Waals surface area contributed by atoms with E-state index in [0.717, 1.165) is 24.8 Å². The van der Waals surface area contributed by atoms with Gasteiger partial charge in [0.05, 0.1) is 28.2 Å². The quantitative estimate of drug-likeness (QED) is 0.836. The summed E-state index contributed by atoms with van der Waals surface area (Å²) in [5.74, 6) is -0.273. The molecule has 3 unspecified atom stereocenters. The highest BCUT2D eigenvalue weighted by Gasteiger charge is 2.52. The van der Waals surface area contributed by atoms with E-state index in [4.69, 9.17) is 4.74 Å². The van der Waals surface area contributed by atoms with Gasteiger partial charge in [0, 0.05) is 0 Å². The van der Waals surface area contributed by atoms with Crippen LogP contribution in [0.2, 0.25) is 0 Å². The molecule has 4 heteroatoms. The van der Waals surface area contributed by atoms with Crippen LogP contribution in [0.25, 0.3) is 0 Å². The largest absolute Gasteiger partial charge is 0.373 e. The SMILES string of the molecule is N#CC1(Cc2cccc(F)c2Br)CC2CCC1O2. The molecular formula is C14H13BrFNO. The van der Waals surface area contributed by atoms with E-state index in [-0.39, 0.29) is 18.0 Å². The number of nitriles is 1. The first-order valence-electron chi connectivity index (χ1n) is 6.14. The van der Waals surface area contributed by atoms with Crippen LogP contribution in [0.1, 0.15) is 24.8 Å². The summed E-state index contributed by atoms with van der Waals surface area (Å²) < 4.78 is 19.8. The van der Waals surface area contributed by atoms with Gasteiger partial charge in [-0.1, -0.05) is 12.1 Å². The van der Waals surface area contributed by atoms with Crippen LogP contribution in [0.4, 0.5) is 4.39 Å². The standard InChI is InChI=1S/C14H13BrFNO/c15-13-9(2-1-3-11(13)16)6-14(8-17)7-10-4-5-12(14)18-10/h1-3,10,12H,4-7H2. The number of halogens is 2. The first kappa shape index (κ1) is 12.1. The third kappa shape index (κ3) is 1.77. The molecule has 2 aliphatic rings. The highest BCUT2D eigenvalue weighted by atomic mass is 79.9. The van der Waals surface area contributed by atoms with E-state index in [0.29, 0.717) is 10.9 Å². The number of benzene rings is 1. The highest BCUT2D eigenvalue weighted by molar-refractivity contribution is 9.10. The second-order valence-corrected chi connectivity index (χ2v) is 5.98. The summed E-state index contributed by atoms with van der Waals surface area (Å²) in [4.78, 5) is 0. The van der Waals surface area contributed by atoms with Crippen molar-refractivity contribution < 1.29 is 9.13 Å². The lowest BCUT2D eigenvalue weighted by Gasteiger charge is -2.28. The zero-order chi connectivity index (χ0) is 12.8. The topological polar surface area (TPSA) is 33.0 Å². The molecule has 0 amide bonds. The molecule has 18 heavy (non-hydrogen) atoms. The van der Waals surface area contributed by atoms with Crippen LogP contribution in [-0.4, -0.2) is 12.2 Å². The van der Waals surface area contributed by atoms with Gasteiger partial charge in [-0.2, -0.15) is 5.26 Å². The van der Waals surface area contributed by atoms with Crippen molar-refractivity contribution >= 4 is 15.9 Å². The molecule has 2 fully saturated rings. The van der Waals surface area contributed by atoms with Gasteiger partial charge >= 0.3 is 0 Å². The Balaban J connectivity index is 1.92. The Morgan fingerprint density at radius 1 is 1.50 bits per heavy atom. The van der Waals surface area contributed by atoms with E-state index in [1.165, 1.54) is 6.07 Å². The van der Waals surface area contributed by atoms with Crippen LogP contribution >= 0.6 is 15.9 Å². The molecule has 1 aromatic carbocycles. The second kappa shape index (κ2) is 4.32. The van der Waals surface area contributed by atoms with Crippen molar-refractivity contribution in [3.05, 3.63) is 34.1 Å². The fraction of sp³-hybridized carbons (Fsp3) is 0.500. The number of nitrogens with zero attached hydrogens (tertiary/aromatic N) is 1. The minimum absolute atomic E-state index is 0.0164. The number of fused-ring (bicyclic) bond motifs is 2. The van der Waals surface area contributed by atoms with Crippen LogP contribution < -0.4 is 0 Å². The number of hydrogen-bond donors (Lipinski definition) is 0. The molecule has 0 aromatic heterocycles. The third-order valence-electron chi connectivity index (χ3n) is 4.08. The van der Waals surface area contributed by atoms with E-state index in [2.05, 4.69) is 22.0 Å². The molecule has 2 aliphatic heterocycles. The normalized spacial score (nSPS) is 33.6. The summed E-state index contributed by atoms with van der Waals surface area (Å²) in [6.07, 6.45) is 3.58. The lowest BCUT2D eigenvalue weighted by Crippen LogP contribution is -2.33. The molecule has 94 valence electrons. The number of hydrogen-bond acceptors (Lipinski definition) is 2. The molecule has 2 saturated heterocycles. The Kier molecular flexibility index (Phi) is 2.91. The van der Waals surface area contributed by atoms with Gasteiger partial charge in [0.15, 0.2) is 0 Å². The first-order valence-corrected chi connectivity index (χ1v) is 6.93. The molecule has 2 nitrogen and oxygen atoms in total. The zero-order valence-electron chi connectivity index (χ0n) is 9.83. The van der Waals surface area contributed by atoms with Crippen LogP contribution in [-0.2, 0) is 11.2 Å². The zero-order valence-corrected chi connectivity index (χ0v) is 11.4. The average molecular weight is 310 g/mol. The van der Waals surface area contributed by atoms with E-state index >= 15 is 0 Å². The third-order valence-corrected chi connectivity index (χ3v) is 4.96. The lowest BCUT2D eigenvalue weighted by atomic mass is 9.71. The Morgan fingerprint density at radius 3 is 2.94 bits per heavy atom. The van der Waals surface area contributed by atoms with E-state index < -0.39 is 5.41 Å². The van der Waals surface area contributed by atoms with Gasteiger partial charge in [-0.3, -0.25) is 0 Å². The predicted molar refractivity (Wildman–Crippen MR) is 68.4 cm³/mol. The number of ether oxygens (including phenoxy) is 1. The molecule has 3 rings (SSSR count). The van der Waals surface area contributed by atoms with Crippen LogP contribution in [0, 0.1) is 22.6 Å². The molecule has 0 saturated carbocycles. The van der Waals surface area contributed by atoms with Crippen molar-refractivity contribution in [3.63, 3.8) is 0 Å². The molecule has 0 spiro atoms. The smallest absolute Gasteiger partial charge is 0.137 e. The first-order chi connectivity index (χ1) is 8.64. The summed E-state index contributed by atoms with van der Waals surface area (Å²) in [6, 6.07) is 7.42. The molecule has 1 aromatic rings. The van der Waals surface area contributed by atoms with Crippen LogP contribution in [0.15, 0.2) is 22.7 Å². The van der Waals surface area contributed by atoms with E-state index in [1.807, 2.05) is 6.07 Å². The van der Waals surface area contributed by atoms with Gasteiger partial charge in [-0.25, -0.2) is 4.39 Å². The van der Waals surface area contributed by atoms with Crippen molar-refractivity contribution in [3.8, 4) is 6.07 Å². The Hall–Kier alpha value is -0.920. The summed E-state index contributed by atoms with van der Waals surface area (Å²) in [5, 5.41) is 9.52. The van der Waals surface area contributed by atoms with Crippen molar-refractivity contribution in [1.82, 2.24) is 0 Å². The van der Waals surface area contributed by atoms with Gasteiger partial charge in [0.1, 0.15) is 5.82 Å². The fourth-order valence-electron chi connectivity index (χ4n) is 3.17. The van der Waals surface area contributed by atoms with Gasteiger partial charge in [0.25, 0.3) is 0 Å². The summed E-state index contributed by atoms with van der Waals surface area (Å²) in [6.45, 7) is 0. The molecule has 0 radical (unpaired) electrons. The maximum Gasteiger partial charge on any atom is 0.137 e. The molecule has 2 bridgehead atoms. The predicted octanol–water partition coefficient (Wildman–Crippen LogP) is 3.59. The maximum atomic E-state index is 13.5. The minimum atomic E-state index is -0.473. The average Bonchev–Trinajstić information content (AvgIpc) is 2.96. The molecule has 3 atom stereocenters. The second-order valence-electron chi connectivity index (χ2n) is 5.19. The fourth-order valence-corrected chi connectivity index (χ4v) is 3.57. The van der Waals surface area contributed by atoms with Gasteiger partial charge in [-0.05, 0) is 53.2 Å². The Morgan fingerprint density at radius 2 is 2.33 bits per heavy atom.